The van der Waals surface area contributed by atoms with Gasteiger partial charge in [-0.1, -0.05) is 0 Å². The Kier molecular flexibility index (Phi) is 5.22. The Hall–Kier alpha value is -1.82. The molecule has 0 saturated carbocycles. The van der Waals surface area contributed by atoms with Crippen LogP contribution >= 0.6 is 0 Å². The van der Waals surface area contributed by atoms with E-state index in [-0.39, 0.29) is 6.04 Å². The highest BCUT2D eigenvalue weighted by Gasteiger charge is 2.00. The normalized spacial score (nSPS) is 11.5. The lowest BCUT2D eigenvalue weighted by Crippen LogP contribution is -2.37. The van der Waals surface area contributed by atoms with E-state index in [4.69, 9.17) is 10.6 Å². The van der Waals surface area contributed by atoms with Crippen molar-refractivity contribution < 1.29 is 4.74 Å². The van der Waals surface area contributed by atoms with Crippen molar-refractivity contribution in [2.24, 2.45) is 10.8 Å². The van der Waals surface area contributed by atoms with Gasteiger partial charge in [-0.05, 0) is 26.8 Å². The fraction of sp³-hybridized carbons (Fsp3) is 0.455. The predicted octanol–water partition coefficient (Wildman–Crippen LogP) is 1.12. The van der Waals surface area contributed by atoms with Crippen LogP contribution in [-0.2, 0) is 0 Å². The highest BCUT2D eigenvalue weighted by molar-refractivity contribution is 5.93. The molecule has 6 heteroatoms. The van der Waals surface area contributed by atoms with Crippen LogP contribution < -0.4 is 21.3 Å². The molecule has 0 aromatic carbocycles. The van der Waals surface area contributed by atoms with Gasteiger partial charge in [0.25, 0.3) is 0 Å². The monoisotopic (exact) mass is 237 g/mol. The quantitative estimate of drug-likeness (QED) is 0.316. The molecule has 0 fully saturated rings. The van der Waals surface area contributed by atoms with Crippen molar-refractivity contribution in [3.63, 3.8) is 0 Å². The molecule has 6 nitrogen and oxygen atoms in total. The maximum absolute atomic E-state index is 5.36. The van der Waals surface area contributed by atoms with E-state index in [0.717, 1.165) is 5.69 Å². The molecule has 0 saturated heterocycles. The Bertz CT molecular complexity index is 361. The van der Waals surface area contributed by atoms with E-state index in [1.54, 1.807) is 12.3 Å². The van der Waals surface area contributed by atoms with Crippen molar-refractivity contribution >= 4 is 11.6 Å². The first-order valence-corrected chi connectivity index (χ1v) is 5.56. The predicted molar refractivity (Wildman–Crippen MR) is 68.9 cm³/mol. The van der Waals surface area contributed by atoms with Gasteiger partial charge in [0.05, 0.1) is 18.5 Å². The van der Waals surface area contributed by atoms with Gasteiger partial charge in [0.15, 0.2) is 0 Å². The number of guanidine groups is 1. The minimum atomic E-state index is 0.157. The number of pyridine rings is 1. The van der Waals surface area contributed by atoms with Crippen molar-refractivity contribution in [3.8, 4) is 5.88 Å². The van der Waals surface area contributed by atoms with E-state index >= 15 is 0 Å². The van der Waals surface area contributed by atoms with Crippen LogP contribution in [-0.4, -0.2) is 23.6 Å². The third-order valence-corrected chi connectivity index (χ3v) is 1.82. The molecule has 1 heterocycles. The molecule has 1 aromatic rings. The summed E-state index contributed by atoms with van der Waals surface area (Å²) in [6, 6.07) is 3.80. The summed E-state index contributed by atoms with van der Waals surface area (Å²) in [6.45, 7) is 6.45. The van der Waals surface area contributed by atoms with Crippen molar-refractivity contribution in [2.45, 2.75) is 26.8 Å². The zero-order valence-corrected chi connectivity index (χ0v) is 10.4. The number of nitrogens with two attached hydrogens (primary N) is 1. The Morgan fingerprint density at radius 2 is 2.29 bits per heavy atom. The number of aliphatic imine (C=N–C) groups is 1. The summed E-state index contributed by atoms with van der Waals surface area (Å²) in [5, 5.41) is 3.03. The lowest BCUT2D eigenvalue weighted by atomic mass is 10.4. The lowest BCUT2D eigenvalue weighted by Gasteiger charge is -2.10. The first kappa shape index (κ1) is 13.2. The van der Waals surface area contributed by atoms with Gasteiger partial charge >= 0.3 is 0 Å². The van der Waals surface area contributed by atoms with E-state index in [0.29, 0.717) is 18.4 Å². The fourth-order valence-electron chi connectivity index (χ4n) is 1.19. The van der Waals surface area contributed by atoms with Gasteiger partial charge in [-0.15, -0.1) is 0 Å². The molecule has 17 heavy (non-hydrogen) atoms. The van der Waals surface area contributed by atoms with Crippen LogP contribution in [0.15, 0.2) is 23.3 Å². The smallest absolute Gasteiger partial charge is 0.213 e. The number of hydrogen-bond acceptors (Lipinski definition) is 4. The number of rotatable bonds is 4. The Morgan fingerprint density at radius 1 is 1.53 bits per heavy atom. The molecule has 0 radical (unpaired) electrons. The summed E-state index contributed by atoms with van der Waals surface area (Å²) in [5.41, 5.74) is 3.30. The summed E-state index contributed by atoms with van der Waals surface area (Å²) in [6.07, 6.45) is 1.66. The minimum absolute atomic E-state index is 0.157. The van der Waals surface area contributed by atoms with E-state index in [9.17, 15) is 0 Å². The third-order valence-electron chi connectivity index (χ3n) is 1.82. The number of nitrogens with zero attached hydrogens (tertiary/aromatic N) is 2. The maximum Gasteiger partial charge on any atom is 0.213 e. The molecular formula is C11H19N5O. The number of hydrazine groups is 1. The van der Waals surface area contributed by atoms with Crippen LogP contribution in [0.5, 0.6) is 5.88 Å². The molecule has 0 aliphatic carbocycles. The lowest BCUT2D eigenvalue weighted by molar-refractivity contribution is 0.327. The molecule has 4 N–H and O–H groups in total. The van der Waals surface area contributed by atoms with E-state index in [2.05, 4.69) is 20.7 Å². The average molecular weight is 237 g/mol. The van der Waals surface area contributed by atoms with Gasteiger partial charge in [-0.2, -0.15) is 0 Å². The molecule has 0 atom stereocenters. The van der Waals surface area contributed by atoms with Crippen molar-refractivity contribution in [2.75, 3.05) is 11.9 Å². The standard InChI is InChI=1S/C11H19N5O/c1-4-17-10-6-5-9(7-13-10)15-11(16-12)14-8(2)3/h5-8H,4,12H2,1-3H3,(H2,14,15,16). The molecule has 0 aliphatic heterocycles. The Balaban J connectivity index is 2.67. The summed E-state index contributed by atoms with van der Waals surface area (Å²) in [5.74, 6) is 6.46. The van der Waals surface area contributed by atoms with Gasteiger partial charge < -0.3 is 10.1 Å². The van der Waals surface area contributed by atoms with Crippen LogP contribution in [0.2, 0.25) is 0 Å². The molecule has 0 spiro atoms. The average Bonchev–Trinajstić information content (AvgIpc) is 2.30. The summed E-state index contributed by atoms with van der Waals surface area (Å²) in [4.78, 5) is 8.39. The van der Waals surface area contributed by atoms with E-state index in [1.165, 1.54) is 0 Å². The van der Waals surface area contributed by atoms with Crippen LogP contribution in [0.3, 0.4) is 0 Å². The maximum atomic E-state index is 5.36. The summed E-state index contributed by atoms with van der Waals surface area (Å²) >= 11 is 0. The first-order chi connectivity index (χ1) is 8.15. The van der Waals surface area contributed by atoms with Crippen molar-refractivity contribution in [3.05, 3.63) is 18.3 Å². The first-order valence-electron chi connectivity index (χ1n) is 5.56. The molecule has 0 unspecified atom stereocenters. The second kappa shape index (κ2) is 6.70. The van der Waals surface area contributed by atoms with E-state index in [1.807, 2.05) is 26.8 Å². The van der Waals surface area contributed by atoms with Crippen molar-refractivity contribution in [1.82, 2.24) is 10.4 Å². The number of aromatic nitrogens is 1. The second-order valence-corrected chi connectivity index (χ2v) is 3.66. The highest BCUT2D eigenvalue weighted by atomic mass is 16.5. The second-order valence-electron chi connectivity index (χ2n) is 3.66. The highest BCUT2D eigenvalue weighted by Crippen LogP contribution is 2.11. The molecule has 0 bridgehead atoms. The number of nitrogens with one attached hydrogen (secondary N) is 2. The largest absolute Gasteiger partial charge is 0.478 e. The zero-order chi connectivity index (χ0) is 12.7. The fourth-order valence-corrected chi connectivity index (χ4v) is 1.19. The number of anilines is 1. The van der Waals surface area contributed by atoms with Gasteiger partial charge in [-0.25, -0.2) is 15.8 Å². The van der Waals surface area contributed by atoms with Gasteiger partial charge in [-0.3, -0.25) is 5.43 Å². The summed E-state index contributed by atoms with van der Waals surface area (Å²) < 4.78 is 5.25. The van der Waals surface area contributed by atoms with Crippen LogP contribution in [0.25, 0.3) is 0 Å². The minimum Gasteiger partial charge on any atom is -0.478 e. The zero-order valence-electron chi connectivity index (χ0n) is 10.4. The van der Waals surface area contributed by atoms with Gasteiger partial charge in [0.2, 0.25) is 11.8 Å². The van der Waals surface area contributed by atoms with Crippen LogP contribution in [0, 0.1) is 0 Å². The SMILES string of the molecule is CCOc1ccc(NC(=NC(C)C)NN)cn1. The third kappa shape index (κ3) is 4.69. The van der Waals surface area contributed by atoms with Crippen LogP contribution in [0.1, 0.15) is 20.8 Å². The topological polar surface area (TPSA) is 84.6 Å². The molecule has 1 aromatic heterocycles. The van der Waals surface area contributed by atoms with Gasteiger partial charge in [0, 0.05) is 12.1 Å². The molecule has 0 aliphatic rings. The number of ether oxygens (including phenoxy) is 1. The Labute approximate surface area is 101 Å². The molecule has 94 valence electrons. The number of hydrogen-bond donors (Lipinski definition) is 3. The molecule has 1 rings (SSSR count). The van der Waals surface area contributed by atoms with Crippen molar-refractivity contribution in [1.29, 1.82) is 0 Å². The summed E-state index contributed by atoms with van der Waals surface area (Å²) in [7, 11) is 0. The molecule has 0 amide bonds. The van der Waals surface area contributed by atoms with Gasteiger partial charge in [0.1, 0.15) is 0 Å². The molecular weight excluding hydrogens is 218 g/mol. The van der Waals surface area contributed by atoms with Crippen LogP contribution in [0.4, 0.5) is 5.69 Å². The van der Waals surface area contributed by atoms with E-state index < -0.39 is 0 Å². The Morgan fingerprint density at radius 3 is 2.76 bits per heavy atom.